The molecule has 5 fully saturated rings. The van der Waals surface area contributed by atoms with Crippen LogP contribution in [0, 0.1) is 17.8 Å². The van der Waals surface area contributed by atoms with Gasteiger partial charge in [-0.05, 0) is 93.4 Å². The van der Waals surface area contributed by atoms with Crippen molar-refractivity contribution in [3.63, 3.8) is 0 Å². The number of ether oxygens (including phenoxy) is 1. The fraction of sp³-hybridized carbons (Fsp3) is 0.612. The van der Waals surface area contributed by atoms with E-state index in [0.717, 1.165) is 67.8 Å². The second-order valence-electron chi connectivity index (χ2n) is 19.4. The van der Waals surface area contributed by atoms with Gasteiger partial charge in [0.15, 0.2) is 0 Å². The number of amides is 7. The van der Waals surface area contributed by atoms with Crippen LogP contribution in [-0.2, 0) is 44.3 Å². The van der Waals surface area contributed by atoms with Crippen LogP contribution in [0.5, 0.6) is 0 Å². The number of thioether (sulfide) groups is 1. The molecule has 5 heterocycles. The van der Waals surface area contributed by atoms with E-state index in [1.807, 2.05) is 12.1 Å². The molecule has 4 unspecified atom stereocenters. The standard InChI is InChI=1S/C49H66N8O10S2/c1-69(65,66)56-26-21-33(30-56)43(60)51-39(44(61)53-48-54-49(31-68-48,34-9-4-2-5-10-34)35-11-6-3-7-12-35)22-28-67-27-8-13-41(58)50-23-18-32-19-24-55(25-20-32)36-14-15-37-38(29-36)47(64)57(46(37)63)40-16-17-42(59)52-45(40)62/h2,4-5,9-10,14-15,29,32-33,35,39-40,48,54H,3,6-8,11-13,16-28,30-31H2,1H3,(H,50,58)(H,51,60)(H,53,61)(H,52,59,62)/t33?,39-,40?,48?,49?/m0/s1. The molecular formula is C49H66N8O10S2. The van der Waals surface area contributed by atoms with Crippen molar-refractivity contribution in [3.05, 3.63) is 65.2 Å². The first kappa shape index (κ1) is 50.5. The summed E-state index contributed by atoms with van der Waals surface area (Å²) in [5.74, 6) is -1.84. The molecule has 0 radical (unpaired) electrons. The van der Waals surface area contributed by atoms with Crippen LogP contribution in [0.3, 0.4) is 0 Å². The van der Waals surface area contributed by atoms with Crippen LogP contribution in [-0.4, -0.2) is 135 Å². The van der Waals surface area contributed by atoms with Gasteiger partial charge in [-0.25, -0.2) is 12.7 Å². The second-order valence-corrected chi connectivity index (χ2v) is 22.5. The minimum Gasteiger partial charge on any atom is -0.381 e. The zero-order chi connectivity index (χ0) is 48.7. The largest absolute Gasteiger partial charge is 0.381 e. The number of carbonyl (C=O) groups excluding carboxylic acids is 7. The fourth-order valence-corrected chi connectivity index (χ4v) is 13.2. The Morgan fingerprint density at radius 2 is 1.65 bits per heavy atom. The highest BCUT2D eigenvalue weighted by Gasteiger charge is 2.48. The lowest BCUT2D eigenvalue weighted by atomic mass is 9.72. The van der Waals surface area contributed by atoms with E-state index in [2.05, 4.69) is 55.7 Å². The Labute approximate surface area is 408 Å². The number of hydrogen-bond donors (Lipinski definition) is 5. The number of benzene rings is 2. The monoisotopic (exact) mass is 990 g/mol. The summed E-state index contributed by atoms with van der Waals surface area (Å²) in [5.41, 5.74) is 1.88. The summed E-state index contributed by atoms with van der Waals surface area (Å²) in [6.07, 6.45) is 11.0. The van der Waals surface area contributed by atoms with Crippen molar-refractivity contribution in [2.24, 2.45) is 17.8 Å². The van der Waals surface area contributed by atoms with Gasteiger partial charge in [-0.2, -0.15) is 0 Å². The van der Waals surface area contributed by atoms with Gasteiger partial charge < -0.3 is 25.6 Å². The fourth-order valence-electron chi connectivity index (χ4n) is 10.9. The minimum atomic E-state index is -3.45. The first-order chi connectivity index (χ1) is 33.2. The number of imide groups is 2. The Hall–Kier alpha value is -4.89. The molecule has 2 aromatic rings. The van der Waals surface area contributed by atoms with E-state index < -0.39 is 51.7 Å². The van der Waals surface area contributed by atoms with Gasteiger partial charge in [-0.15, -0.1) is 11.8 Å². The van der Waals surface area contributed by atoms with Crippen molar-refractivity contribution >= 4 is 68.8 Å². The molecule has 8 rings (SSSR count). The number of fused-ring (bicyclic) bond motifs is 1. The first-order valence-corrected chi connectivity index (χ1v) is 27.6. The van der Waals surface area contributed by atoms with Crippen molar-refractivity contribution < 1.29 is 46.7 Å². The highest BCUT2D eigenvalue weighted by Crippen LogP contribution is 2.46. The summed E-state index contributed by atoms with van der Waals surface area (Å²) in [5, 5.41) is 15.1. The number of rotatable bonds is 19. The molecule has 374 valence electrons. The summed E-state index contributed by atoms with van der Waals surface area (Å²) in [4.78, 5) is 93.9. The summed E-state index contributed by atoms with van der Waals surface area (Å²) < 4.78 is 31.5. The van der Waals surface area contributed by atoms with Crippen molar-refractivity contribution in [2.75, 3.05) is 62.8 Å². The number of nitrogens with one attached hydrogen (secondary N) is 5. The number of piperidine rings is 2. The molecule has 5 N–H and O–H groups in total. The van der Waals surface area contributed by atoms with E-state index in [1.165, 1.54) is 29.1 Å². The number of hydrogen-bond acceptors (Lipinski definition) is 13. The summed E-state index contributed by atoms with van der Waals surface area (Å²) >= 11 is 1.65. The maximum absolute atomic E-state index is 14.0. The molecule has 1 aliphatic carbocycles. The summed E-state index contributed by atoms with van der Waals surface area (Å²) in [6.45, 7) is 2.80. The average molecular weight is 991 g/mol. The van der Waals surface area contributed by atoms with Crippen LogP contribution < -0.4 is 31.5 Å². The van der Waals surface area contributed by atoms with E-state index >= 15 is 0 Å². The summed E-state index contributed by atoms with van der Waals surface area (Å²) in [6, 6.07) is 13.7. The number of nitrogens with zero attached hydrogens (tertiary/aromatic N) is 3. The van der Waals surface area contributed by atoms with Gasteiger partial charge in [0.05, 0.1) is 28.8 Å². The smallest absolute Gasteiger partial charge is 0.262 e. The predicted octanol–water partition coefficient (Wildman–Crippen LogP) is 2.98. The van der Waals surface area contributed by atoms with Crippen molar-refractivity contribution in [2.45, 2.75) is 113 Å². The third-order valence-corrected chi connectivity index (χ3v) is 17.3. The molecule has 0 spiro atoms. The molecule has 5 aliphatic heterocycles. The van der Waals surface area contributed by atoms with E-state index in [0.29, 0.717) is 37.8 Å². The highest BCUT2D eigenvalue weighted by molar-refractivity contribution is 8.00. The van der Waals surface area contributed by atoms with Gasteiger partial charge in [0.25, 0.3) is 11.8 Å². The molecule has 69 heavy (non-hydrogen) atoms. The lowest BCUT2D eigenvalue weighted by Gasteiger charge is -2.40. The Balaban J connectivity index is 0.756. The van der Waals surface area contributed by atoms with Crippen molar-refractivity contribution in [3.8, 4) is 0 Å². The Morgan fingerprint density at radius 1 is 0.899 bits per heavy atom. The number of anilines is 1. The molecule has 18 nitrogen and oxygen atoms in total. The topological polar surface area (TPSA) is 233 Å². The Morgan fingerprint density at radius 3 is 2.38 bits per heavy atom. The molecular weight excluding hydrogens is 925 g/mol. The zero-order valence-electron chi connectivity index (χ0n) is 39.4. The lowest BCUT2D eigenvalue weighted by molar-refractivity contribution is -0.136. The summed E-state index contributed by atoms with van der Waals surface area (Å²) in [7, 11) is -3.45. The van der Waals surface area contributed by atoms with Gasteiger partial charge in [0.1, 0.15) is 17.6 Å². The van der Waals surface area contributed by atoms with Crippen LogP contribution >= 0.6 is 11.8 Å². The van der Waals surface area contributed by atoms with Crippen LogP contribution in [0.25, 0.3) is 0 Å². The van der Waals surface area contributed by atoms with Crippen molar-refractivity contribution in [1.82, 2.24) is 35.8 Å². The predicted molar refractivity (Wildman–Crippen MR) is 259 cm³/mol. The third-order valence-electron chi connectivity index (χ3n) is 14.9. The van der Waals surface area contributed by atoms with Crippen LogP contribution in [0.1, 0.15) is 116 Å². The van der Waals surface area contributed by atoms with Gasteiger partial charge in [0.2, 0.25) is 39.6 Å². The van der Waals surface area contributed by atoms with Crippen LogP contribution in [0.15, 0.2) is 48.5 Å². The molecule has 4 saturated heterocycles. The van der Waals surface area contributed by atoms with Gasteiger partial charge in [0, 0.05) is 70.2 Å². The highest BCUT2D eigenvalue weighted by atomic mass is 32.2. The van der Waals surface area contributed by atoms with E-state index in [-0.39, 0.29) is 85.3 Å². The second kappa shape index (κ2) is 22.5. The van der Waals surface area contributed by atoms with Crippen LogP contribution in [0.2, 0.25) is 0 Å². The molecule has 7 amide bonds. The number of sulfonamides is 1. The Bertz CT molecular complexity index is 2360. The van der Waals surface area contributed by atoms with Crippen molar-refractivity contribution in [1.29, 1.82) is 0 Å². The molecule has 0 bridgehead atoms. The SMILES string of the molecule is CS(=O)(=O)N1CCC(C(=O)N[C@@H](CCOCCCC(=O)NCCC2CCN(c3ccc4c(c3)C(=O)N(C3CCC(=O)NC3=O)C4=O)CC2)C(=O)NC2NC(c3ccccc3)(C3CCCCC3)CS2)C1. The maximum Gasteiger partial charge on any atom is 0.262 e. The zero-order valence-corrected chi connectivity index (χ0v) is 41.0. The quantitative estimate of drug-likeness (QED) is 0.101. The average Bonchev–Trinajstić information content (AvgIpc) is 4.08. The molecule has 5 atom stereocenters. The lowest BCUT2D eigenvalue weighted by Crippen LogP contribution is -2.56. The van der Waals surface area contributed by atoms with Gasteiger partial charge in [-0.1, -0.05) is 49.6 Å². The van der Waals surface area contributed by atoms with Crippen LogP contribution in [0.4, 0.5) is 5.69 Å². The Kier molecular flexibility index (Phi) is 16.4. The maximum atomic E-state index is 14.0. The minimum absolute atomic E-state index is 0.0630. The van der Waals surface area contributed by atoms with Gasteiger partial charge in [-0.3, -0.25) is 49.1 Å². The van der Waals surface area contributed by atoms with E-state index in [9.17, 15) is 42.0 Å². The first-order valence-electron chi connectivity index (χ1n) is 24.7. The molecule has 20 heteroatoms. The van der Waals surface area contributed by atoms with Gasteiger partial charge >= 0.3 is 0 Å². The molecule has 0 aromatic heterocycles. The van der Waals surface area contributed by atoms with E-state index in [1.54, 1.807) is 23.9 Å². The molecule has 1 saturated carbocycles. The molecule has 6 aliphatic rings. The number of carbonyl (C=O) groups is 7. The third kappa shape index (κ3) is 12.0. The normalized spacial score (nSPS) is 25.4. The van der Waals surface area contributed by atoms with E-state index in [4.69, 9.17) is 4.74 Å². The molecule has 2 aromatic carbocycles.